The Morgan fingerprint density at radius 2 is 2.03 bits per heavy atom. The minimum Gasteiger partial charge on any atom is -0.465 e. The van der Waals surface area contributed by atoms with Crippen molar-refractivity contribution in [2.24, 2.45) is 0 Å². The molecule has 2 aromatic heterocycles. The predicted octanol–water partition coefficient (Wildman–Crippen LogP) is 5.59. The summed E-state index contributed by atoms with van der Waals surface area (Å²) >= 11 is 7.16. The van der Waals surface area contributed by atoms with Crippen LogP contribution in [-0.4, -0.2) is 19.0 Å². The number of thiophene rings is 1. The molecule has 30 heavy (non-hydrogen) atoms. The van der Waals surface area contributed by atoms with Crippen molar-refractivity contribution >= 4 is 45.9 Å². The number of nitrogens with one attached hydrogen (secondary N) is 1. The largest absolute Gasteiger partial charge is 0.465 e. The molecular formula is C22H17ClN2O4S. The Kier molecular flexibility index (Phi) is 6.40. The van der Waals surface area contributed by atoms with Crippen LogP contribution in [0, 0.1) is 25.2 Å². The van der Waals surface area contributed by atoms with Gasteiger partial charge in [0.2, 0.25) is 5.91 Å². The number of nitriles is 1. The number of halogens is 1. The van der Waals surface area contributed by atoms with Crippen LogP contribution in [0.3, 0.4) is 0 Å². The molecule has 2 heterocycles. The molecule has 0 unspecified atom stereocenters. The number of rotatable bonds is 5. The van der Waals surface area contributed by atoms with Crippen molar-refractivity contribution in [1.29, 1.82) is 5.26 Å². The van der Waals surface area contributed by atoms with E-state index in [1.54, 1.807) is 19.1 Å². The number of aryl methyl sites for hydroxylation is 1. The van der Waals surface area contributed by atoms with Gasteiger partial charge in [-0.3, -0.25) is 4.79 Å². The van der Waals surface area contributed by atoms with Gasteiger partial charge in [0.05, 0.1) is 12.7 Å². The molecule has 1 amide bonds. The van der Waals surface area contributed by atoms with Crippen LogP contribution in [0.25, 0.3) is 17.4 Å². The van der Waals surface area contributed by atoms with Gasteiger partial charge in [0, 0.05) is 16.7 Å². The van der Waals surface area contributed by atoms with Crippen LogP contribution in [-0.2, 0) is 9.53 Å². The number of amides is 1. The molecule has 0 fully saturated rings. The summed E-state index contributed by atoms with van der Waals surface area (Å²) in [5.74, 6) is 0.0974. The van der Waals surface area contributed by atoms with Crippen molar-refractivity contribution in [3.05, 3.63) is 68.8 Å². The molecular weight excluding hydrogens is 424 g/mol. The van der Waals surface area contributed by atoms with Crippen molar-refractivity contribution in [2.45, 2.75) is 13.8 Å². The minimum absolute atomic E-state index is 0.235. The van der Waals surface area contributed by atoms with Gasteiger partial charge in [0.15, 0.2) is 0 Å². The van der Waals surface area contributed by atoms with E-state index in [0.29, 0.717) is 27.1 Å². The highest BCUT2D eigenvalue weighted by atomic mass is 35.5. The lowest BCUT2D eigenvalue weighted by Gasteiger charge is -2.01. The first-order chi connectivity index (χ1) is 14.3. The summed E-state index contributed by atoms with van der Waals surface area (Å²) in [6.45, 7) is 3.55. The number of carbonyl (C=O) groups excluding carboxylic acids is 2. The highest BCUT2D eigenvalue weighted by molar-refractivity contribution is 7.18. The van der Waals surface area contributed by atoms with E-state index in [-0.39, 0.29) is 10.4 Å². The number of hydrogen-bond acceptors (Lipinski definition) is 6. The van der Waals surface area contributed by atoms with E-state index in [9.17, 15) is 14.9 Å². The molecule has 0 aliphatic carbocycles. The molecule has 0 saturated carbocycles. The lowest BCUT2D eigenvalue weighted by molar-refractivity contribution is -0.111. The van der Waals surface area contributed by atoms with E-state index >= 15 is 0 Å². The van der Waals surface area contributed by atoms with Crippen LogP contribution in [0.2, 0.25) is 5.02 Å². The van der Waals surface area contributed by atoms with Gasteiger partial charge in [-0.15, -0.1) is 11.3 Å². The van der Waals surface area contributed by atoms with Crippen LogP contribution < -0.4 is 5.32 Å². The average Bonchev–Trinajstić information content (AvgIpc) is 3.32. The second-order valence-corrected chi connectivity index (χ2v) is 7.78. The first-order valence-electron chi connectivity index (χ1n) is 8.81. The van der Waals surface area contributed by atoms with E-state index in [4.69, 9.17) is 20.8 Å². The summed E-state index contributed by atoms with van der Waals surface area (Å²) < 4.78 is 10.5. The van der Waals surface area contributed by atoms with Crippen LogP contribution in [0.4, 0.5) is 5.00 Å². The smallest absolute Gasteiger partial charge is 0.348 e. The van der Waals surface area contributed by atoms with E-state index in [1.165, 1.54) is 19.3 Å². The molecule has 3 rings (SSSR count). The Hall–Kier alpha value is -3.34. The molecule has 1 N–H and O–H groups in total. The Bertz CT molecular complexity index is 1200. The molecule has 8 heteroatoms. The standard InChI is InChI=1S/C22H17ClN2O4S/c1-12-4-5-14(10-17(12)23)18-8-6-15(29-18)7-9-19(26)25-21-16(11-24)13(2)20(30-21)22(27)28-3/h4-10H,1-3H3,(H,25,26)/b9-7+. The molecule has 0 aliphatic heterocycles. The predicted molar refractivity (Wildman–Crippen MR) is 117 cm³/mol. The molecule has 1 aromatic carbocycles. The summed E-state index contributed by atoms with van der Waals surface area (Å²) in [4.78, 5) is 24.4. The molecule has 0 spiro atoms. The van der Waals surface area contributed by atoms with Crippen molar-refractivity contribution in [2.75, 3.05) is 12.4 Å². The third kappa shape index (κ3) is 4.46. The number of carbonyl (C=O) groups is 2. The maximum absolute atomic E-state index is 12.3. The summed E-state index contributed by atoms with van der Waals surface area (Å²) in [6.07, 6.45) is 2.81. The van der Waals surface area contributed by atoms with Crippen molar-refractivity contribution in [3.63, 3.8) is 0 Å². The van der Waals surface area contributed by atoms with Crippen LogP contribution in [0.1, 0.15) is 32.1 Å². The highest BCUT2D eigenvalue weighted by Crippen LogP contribution is 2.33. The van der Waals surface area contributed by atoms with E-state index in [2.05, 4.69) is 5.32 Å². The molecule has 0 bridgehead atoms. The second kappa shape index (κ2) is 8.99. The molecule has 3 aromatic rings. The number of ether oxygens (including phenoxy) is 1. The zero-order valence-corrected chi connectivity index (χ0v) is 18.0. The number of furan rings is 1. The van der Waals surface area contributed by atoms with E-state index in [0.717, 1.165) is 22.5 Å². The first kappa shape index (κ1) is 21.4. The molecule has 0 aliphatic rings. The number of hydrogen-bond donors (Lipinski definition) is 1. The Labute approximate surface area is 182 Å². The first-order valence-corrected chi connectivity index (χ1v) is 10.0. The fourth-order valence-corrected chi connectivity index (χ4v) is 3.94. The number of methoxy groups -OCH3 is 1. The number of esters is 1. The van der Waals surface area contributed by atoms with Crippen molar-refractivity contribution < 1.29 is 18.7 Å². The van der Waals surface area contributed by atoms with Gasteiger partial charge in [-0.2, -0.15) is 5.26 Å². The van der Waals surface area contributed by atoms with E-state index < -0.39 is 11.9 Å². The Balaban J connectivity index is 1.74. The third-order valence-corrected chi connectivity index (χ3v) is 5.94. The third-order valence-electron chi connectivity index (χ3n) is 4.35. The average molecular weight is 441 g/mol. The summed E-state index contributed by atoms with van der Waals surface area (Å²) in [6, 6.07) is 11.2. The summed E-state index contributed by atoms with van der Waals surface area (Å²) in [7, 11) is 1.26. The zero-order valence-electron chi connectivity index (χ0n) is 16.4. The fourth-order valence-electron chi connectivity index (χ4n) is 2.68. The van der Waals surface area contributed by atoms with E-state index in [1.807, 2.05) is 31.2 Å². The van der Waals surface area contributed by atoms with Crippen molar-refractivity contribution in [1.82, 2.24) is 0 Å². The number of anilines is 1. The second-order valence-electron chi connectivity index (χ2n) is 6.35. The molecule has 6 nitrogen and oxygen atoms in total. The maximum atomic E-state index is 12.3. The SMILES string of the molecule is COC(=O)c1sc(NC(=O)/C=C/c2ccc(-c3ccc(C)c(Cl)c3)o2)c(C#N)c1C. The lowest BCUT2D eigenvalue weighted by atomic mass is 10.1. The van der Waals surface area contributed by atoms with Crippen LogP contribution in [0.5, 0.6) is 0 Å². The molecule has 0 atom stereocenters. The van der Waals surface area contributed by atoms with Gasteiger partial charge < -0.3 is 14.5 Å². The fraction of sp³-hybridized carbons (Fsp3) is 0.136. The molecule has 152 valence electrons. The Morgan fingerprint density at radius 3 is 2.70 bits per heavy atom. The highest BCUT2D eigenvalue weighted by Gasteiger charge is 2.21. The van der Waals surface area contributed by atoms with Gasteiger partial charge in [-0.25, -0.2) is 4.79 Å². The molecule has 0 radical (unpaired) electrons. The van der Waals surface area contributed by atoms with Crippen LogP contribution in [0.15, 0.2) is 40.8 Å². The van der Waals surface area contributed by atoms with Gasteiger partial charge in [-0.05, 0) is 49.2 Å². The van der Waals surface area contributed by atoms with Gasteiger partial charge >= 0.3 is 5.97 Å². The zero-order chi connectivity index (χ0) is 21.8. The maximum Gasteiger partial charge on any atom is 0.348 e. The topological polar surface area (TPSA) is 92.3 Å². The normalized spacial score (nSPS) is 10.8. The number of nitrogens with zero attached hydrogens (tertiary/aromatic N) is 1. The summed E-state index contributed by atoms with van der Waals surface area (Å²) in [5.41, 5.74) is 2.51. The quantitative estimate of drug-likeness (QED) is 0.412. The van der Waals surface area contributed by atoms with Crippen molar-refractivity contribution in [3.8, 4) is 17.4 Å². The molecule has 0 saturated heterocycles. The van der Waals surface area contributed by atoms with Gasteiger partial charge in [0.1, 0.15) is 27.5 Å². The minimum atomic E-state index is -0.552. The lowest BCUT2D eigenvalue weighted by Crippen LogP contribution is -2.07. The monoisotopic (exact) mass is 440 g/mol. The summed E-state index contributed by atoms with van der Waals surface area (Å²) in [5, 5.41) is 12.9. The van der Waals surface area contributed by atoms with Gasteiger partial charge in [0.25, 0.3) is 0 Å². The number of benzene rings is 1. The Morgan fingerprint density at radius 1 is 1.27 bits per heavy atom. The van der Waals surface area contributed by atoms with Gasteiger partial charge in [-0.1, -0.05) is 23.7 Å². The van der Waals surface area contributed by atoms with Crippen LogP contribution >= 0.6 is 22.9 Å².